The van der Waals surface area contributed by atoms with Crippen molar-refractivity contribution in [1.82, 2.24) is 21.1 Å². The Morgan fingerprint density at radius 3 is 2.82 bits per heavy atom. The van der Waals surface area contributed by atoms with Crippen molar-refractivity contribution in [2.45, 2.75) is 58.9 Å². The minimum atomic E-state index is -0.255. The minimum Gasteiger partial charge on any atom is -0.361 e. The molecule has 0 aliphatic carbocycles. The quantitative estimate of drug-likeness (QED) is 0.335. The second-order valence-electron chi connectivity index (χ2n) is 7.51. The molecule has 6 nitrogen and oxygen atoms in total. The summed E-state index contributed by atoms with van der Waals surface area (Å²) in [7, 11) is 0. The van der Waals surface area contributed by atoms with E-state index in [9.17, 15) is 9.59 Å². The van der Waals surface area contributed by atoms with Gasteiger partial charge in [-0.3, -0.25) is 20.4 Å². The van der Waals surface area contributed by atoms with Crippen molar-refractivity contribution in [2.24, 2.45) is 5.92 Å². The second-order valence-corrected chi connectivity index (χ2v) is 7.92. The minimum absolute atomic E-state index is 0.178. The first-order valence-corrected chi connectivity index (χ1v) is 10.6. The van der Waals surface area contributed by atoms with Gasteiger partial charge in [-0.05, 0) is 48.7 Å². The van der Waals surface area contributed by atoms with Gasteiger partial charge in [-0.1, -0.05) is 45.2 Å². The van der Waals surface area contributed by atoms with Gasteiger partial charge in [-0.2, -0.15) is 0 Å². The lowest BCUT2D eigenvalue weighted by Gasteiger charge is -2.17. The van der Waals surface area contributed by atoms with Crippen LogP contribution in [0.25, 0.3) is 0 Å². The molecule has 1 saturated heterocycles. The standard InChI is InChI=1S/C21H32N4O2S/c1-3-4-5-8-16(2)14-22-21(28)24-23-20(27)18-10-6-9-17(13-18)15-25-12-7-11-19(25)26/h6,9-10,13,16H,3-5,7-8,11-12,14-15H2,1-2H3,(H,23,27)(H2,22,24,28)/t16-/m1/s1. The summed E-state index contributed by atoms with van der Waals surface area (Å²) >= 11 is 5.23. The topological polar surface area (TPSA) is 73.5 Å². The Morgan fingerprint density at radius 1 is 1.29 bits per heavy atom. The first-order valence-electron chi connectivity index (χ1n) is 10.2. The van der Waals surface area contributed by atoms with E-state index in [-0.39, 0.29) is 11.8 Å². The molecule has 7 heteroatoms. The van der Waals surface area contributed by atoms with Gasteiger partial charge in [0.1, 0.15) is 0 Å². The van der Waals surface area contributed by atoms with Gasteiger partial charge in [0.25, 0.3) is 5.91 Å². The zero-order valence-electron chi connectivity index (χ0n) is 16.9. The van der Waals surface area contributed by atoms with Crippen molar-refractivity contribution in [1.29, 1.82) is 0 Å². The van der Waals surface area contributed by atoms with Gasteiger partial charge in [0.05, 0.1) is 0 Å². The van der Waals surface area contributed by atoms with Gasteiger partial charge in [-0.15, -0.1) is 0 Å². The summed E-state index contributed by atoms with van der Waals surface area (Å²) in [5, 5.41) is 3.55. The van der Waals surface area contributed by atoms with Crippen LogP contribution in [0.3, 0.4) is 0 Å². The van der Waals surface area contributed by atoms with Crippen LogP contribution in [0.5, 0.6) is 0 Å². The van der Waals surface area contributed by atoms with Crippen LogP contribution < -0.4 is 16.2 Å². The van der Waals surface area contributed by atoms with Crippen molar-refractivity contribution in [3.8, 4) is 0 Å². The zero-order valence-corrected chi connectivity index (χ0v) is 17.7. The number of likely N-dealkylation sites (tertiary alicyclic amines) is 1. The first kappa shape index (κ1) is 22.1. The average molecular weight is 405 g/mol. The summed E-state index contributed by atoms with van der Waals surface area (Å²) in [6, 6.07) is 7.33. The van der Waals surface area contributed by atoms with E-state index in [1.54, 1.807) is 6.07 Å². The highest BCUT2D eigenvalue weighted by atomic mass is 32.1. The molecular weight excluding hydrogens is 372 g/mol. The van der Waals surface area contributed by atoms with Crippen molar-refractivity contribution < 1.29 is 9.59 Å². The number of carbonyl (C=O) groups is 2. The number of nitrogens with zero attached hydrogens (tertiary/aromatic N) is 1. The smallest absolute Gasteiger partial charge is 0.269 e. The van der Waals surface area contributed by atoms with Gasteiger partial charge in [0.15, 0.2) is 5.11 Å². The number of rotatable bonds is 9. The summed E-state index contributed by atoms with van der Waals surface area (Å²) < 4.78 is 0. The van der Waals surface area contributed by atoms with Gasteiger partial charge >= 0.3 is 0 Å². The highest BCUT2D eigenvalue weighted by Gasteiger charge is 2.20. The summed E-state index contributed by atoms with van der Waals surface area (Å²) in [5.41, 5.74) is 6.87. The molecule has 1 fully saturated rings. The largest absolute Gasteiger partial charge is 0.361 e. The molecule has 2 rings (SSSR count). The van der Waals surface area contributed by atoms with Crippen LogP contribution in [0, 0.1) is 5.92 Å². The van der Waals surface area contributed by atoms with Crippen molar-refractivity contribution in [3.05, 3.63) is 35.4 Å². The van der Waals surface area contributed by atoms with Gasteiger partial charge in [-0.25, -0.2) is 0 Å². The molecule has 3 N–H and O–H groups in total. The fourth-order valence-corrected chi connectivity index (χ4v) is 3.38. The molecule has 0 spiro atoms. The average Bonchev–Trinajstić information content (AvgIpc) is 3.09. The van der Waals surface area contributed by atoms with E-state index in [0.717, 1.165) is 25.1 Å². The Labute approximate surface area is 173 Å². The molecule has 1 aromatic rings. The Morgan fingerprint density at radius 2 is 2.11 bits per heavy atom. The Balaban J connectivity index is 1.74. The van der Waals surface area contributed by atoms with Crippen LogP contribution in [0.15, 0.2) is 24.3 Å². The molecule has 1 heterocycles. The summed E-state index contributed by atoms with van der Waals surface area (Å²) in [5.74, 6) is 0.457. The molecule has 0 aromatic heterocycles. The predicted molar refractivity (Wildman–Crippen MR) is 116 cm³/mol. The lowest BCUT2D eigenvalue weighted by Crippen LogP contribution is -2.47. The van der Waals surface area contributed by atoms with Crippen LogP contribution in [0.4, 0.5) is 0 Å². The maximum atomic E-state index is 12.4. The molecule has 1 aliphatic heterocycles. The number of hydrogen-bond donors (Lipinski definition) is 3. The second kappa shape index (κ2) is 11.6. The molecule has 1 atom stereocenters. The number of nitrogens with one attached hydrogen (secondary N) is 3. The zero-order chi connectivity index (χ0) is 20.4. The van der Waals surface area contributed by atoms with Gasteiger partial charge in [0, 0.05) is 31.6 Å². The van der Waals surface area contributed by atoms with Crippen LogP contribution in [-0.2, 0) is 11.3 Å². The SMILES string of the molecule is CCCCC[C@@H](C)CNC(=S)NNC(=O)c1cccc(CN2CCCC2=O)c1. The van der Waals surface area contributed by atoms with E-state index in [4.69, 9.17) is 12.2 Å². The third-order valence-corrected chi connectivity index (χ3v) is 5.18. The number of carbonyl (C=O) groups excluding carboxylic acids is 2. The fourth-order valence-electron chi connectivity index (χ4n) is 3.24. The number of benzene rings is 1. The molecule has 154 valence electrons. The van der Waals surface area contributed by atoms with E-state index in [0.29, 0.717) is 29.6 Å². The molecular formula is C21H32N4O2S. The fraction of sp³-hybridized carbons (Fsp3) is 0.571. The third-order valence-electron chi connectivity index (χ3n) is 4.94. The van der Waals surface area contributed by atoms with Gasteiger partial charge < -0.3 is 10.2 Å². The van der Waals surface area contributed by atoms with Crippen LogP contribution in [0.1, 0.15) is 68.3 Å². The molecule has 0 unspecified atom stereocenters. The highest BCUT2D eigenvalue weighted by molar-refractivity contribution is 7.80. The van der Waals surface area contributed by atoms with E-state index >= 15 is 0 Å². The highest BCUT2D eigenvalue weighted by Crippen LogP contribution is 2.15. The van der Waals surface area contributed by atoms with E-state index in [1.807, 2.05) is 23.1 Å². The van der Waals surface area contributed by atoms with Crippen LogP contribution >= 0.6 is 12.2 Å². The number of amides is 2. The van der Waals surface area contributed by atoms with E-state index in [2.05, 4.69) is 30.0 Å². The van der Waals surface area contributed by atoms with E-state index in [1.165, 1.54) is 25.7 Å². The maximum Gasteiger partial charge on any atom is 0.269 e. The van der Waals surface area contributed by atoms with Crippen molar-refractivity contribution >= 4 is 29.1 Å². The molecule has 1 aliphatic rings. The summed E-state index contributed by atoms with van der Waals surface area (Å²) in [6.45, 7) is 6.51. The molecule has 1 aromatic carbocycles. The Kier molecular flexibility index (Phi) is 9.20. The Hall–Kier alpha value is -2.15. The normalized spacial score (nSPS) is 14.6. The predicted octanol–water partition coefficient (Wildman–Crippen LogP) is 3.13. The number of thiocarbonyl (C=S) groups is 1. The monoisotopic (exact) mass is 404 g/mol. The molecule has 0 saturated carbocycles. The maximum absolute atomic E-state index is 12.4. The van der Waals surface area contributed by atoms with Crippen molar-refractivity contribution in [2.75, 3.05) is 13.1 Å². The van der Waals surface area contributed by atoms with Crippen LogP contribution in [-0.4, -0.2) is 34.9 Å². The lowest BCUT2D eigenvalue weighted by atomic mass is 10.0. The van der Waals surface area contributed by atoms with E-state index < -0.39 is 0 Å². The lowest BCUT2D eigenvalue weighted by molar-refractivity contribution is -0.128. The number of hydrogen-bond acceptors (Lipinski definition) is 3. The van der Waals surface area contributed by atoms with Crippen molar-refractivity contribution in [3.63, 3.8) is 0 Å². The van der Waals surface area contributed by atoms with Gasteiger partial charge in [0.2, 0.25) is 5.91 Å². The third kappa shape index (κ3) is 7.46. The number of unbranched alkanes of at least 4 members (excludes halogenated alkanes) is 2. The molecule has 0 radical (unpaired) electrons. The first-order chi connectivity index (χ1) is 13.5. The summed E-state index contributed by atoms with van der Waals surface area (Å²) in [6.07, 6.45) is 6.41. The number of hydrazine groups is 1. The molecule has 2 amide bonds. The summed E-state index contributed by atoms with van der Waals surface area (Å²) in [4.78, 5) is 26.0. The molecule has 0 bridgehead atoms. The molecule has 28 heavy (non-hydrogen) atoms. The Bertz CT molecular complexity index is 680. The van der Waals surface area contributed by atoms with Crippen LogP contribution in [0.2, 0.25) is 0 Å².